The number of hydrogen-bond acceptors (Lipinski definition) is 5. The standard InChI is InChI=1S/C23H27ClN4OS2/c1-16(19-11-5-6-12-20(19)24)25-22(29)15-31-23-27-26-21(14-18-10-7-13-30-18)28(23)17-8-3-2-4-9-17/h5-7,10-13,16-17H,2-4,8-9,14-15H2,1H3,(H,25,29). The molecule has 1 fully saturated rings. The minimum absolute atomic E-state index is 0.0320. The summed E-state index contributed by atoms with van der Waals surface area (Å²) in [6.45, 7) is 1.95. The number of amides is 1. The van der Waals surface area contributed by atoms with E-state index < -0.39 is 0 Å². The lowest BCUT2D eigenvalue weighted by Crippen LogP contribution is -2.28. The van der Waals surface area contributed by atoms with Gasteiger partial charge in [-0.2, -0.15) is 0 Å². The van der Waals surface area contributed by atoms with Crippen molar-refractivity contribution in [1.82, 2.24) is 20.1 Å². The highest BCUT2D eigenvalue weighted by atomic mass is 35.5. The molecule has 8 heteroatoms. The van der Waals surface area contributed by atoms with Crippen molar-refractivity contribution in [3.63, 3.8) is 0 Å². The average Bonchev–Trinajstić information content (AvgIpc) is 3.43. The second kappa shape index (κ2) is 10.7. The number of carbonyl (C=O) groups excluding carboxylic acids is 1. The first-order chi connectivity index (χ1) is 15.1. The van der Waals surface area contributed by atoms with E-state index in [2.05, 4.69) is 37.6 Å². The van der Waals surface area contributed by atoms with Crippen LogP contribution in [0, 0.1) is 0 Å². The predicted octanol–water partition coefficient (Wildman–Crippen LogP) is 6.06. The molecule has 1 unspecified atom stereocenters. The maximum atomic E-state index is 12.6. The Morgan fingerprint density at radius 3 is 2.77 bits per heavy atom. The van der Waals surface area contributed by atoms with Crippen LogP contribution < -0.4 is 5.32 Å². The van der Waals surface area contributed by atoms with Gasteiger partial charge in [0.1, 0.15) is 5.82 Å². The third kappa shape index (κ3) is 5.70. The summed E-state index contributed by atoms with van der Waals surface area (Å²) < 4.78 is 2.30. The Balaban J connectivity index is 1.44. The molecule has 1 aromatic carbocycles. The molecule has 0 bridgehead atoms. The van der Waals surface area contributed by atoms with E-state index in [1.165, 1.54) is 35.9 Å². The van der Waals surface area contributed by atoms with Gasteiger partial charge < -0.3 is 9.88 Å². The van der Waals surface area contributed by atoms with E-state index in [1.807, 2.05) is 31.2 Å². The molecule has 2 heterocycles. The second-order valence-electron chi connectivity index (χ2n) is 7.92. The van der Waals surface area contributed by atoms with E-state index >= 15 is 0 Å². The number of aromatic nitrogens is 3. The summed E-state index contributed by atoms with van der Waals surface area (Å²) in [6, 6.07) is 12.1. The monoisotopic (exact) mass is 474 g/mol. The van der Waals surface area contributed by atoms with Gasteiger partial charge in [0.15, 0.2) is 5.16 Å². The molecule has 1 aliphatic carbocycles. The number of rotatable bonds is 8. The van der Waals surface area contributed by atoms with Gasteiger partial charge in [-0.25, -0.2) is 0 Å². The van der Waals surface area contributed by atoms with Gasteiger partial charge >= 0.3 is 0 Å². The first kappa shape index (κ1) is 22.4. The van der Waals surface area contributed by atoms with Crippen LogP contribution in [-0.2, 0) is 11.2 Å². The molecule has 1 saturated carbocycles. The number of nitrogens with one attached hydrogen (secondary N) is 1. The lowest BCUT2D eigenvalue weighted by molar-refractivity contribution is -0.119. The molecule has 31 heavy (non-hydrogen) atoms. The summed E-state index contributed by atoms with van der Waals surface area (Å²) in [5, 5.41) is 15.6. The SMILES string of the molecule is CC(NC(=O)CSc1nnc(Cc2cccs2)n1C1CCCCC1)c1ccccc1Cl. The number of hydrogen-bond donors (Lipinski definition) is 1. The smallest absolute Gasteiger partial charge is 0.230 e. The second-order valence-corrected chi connectivity index (χ2v) is 10.3. The van der Waals surface area contributed by atoms with Crippen LogP contribution in [0.2, 0.25) is 5.02 Å². The molecule has 1 atom stereocenters. The van der Waals surface area contributed by atoms with E-state index in [0.29, 0.717) is 16.8 Å². The first-order valence-electron chi connectivity index (χ1n) is 10.7. The third-order valence-corrected chi connectivity index (χ3v) is 7.83. The van der Waals surface area contributed by atoms with Crippen molar-refractivity contribution < 1.29 is 4.79 Å². The number of nitrogens with zero attached hydrogens (tertiary/aromatic N) is 3. The fourth-order valence-electron chi connectivity index (χ4n) is 4.12. The Morgan fingerprint density at radius 1 is 1.23 bits per heavy atom. The van der Waals surface area contributed by atoms with Crippen LogP contribution >= 0.6 is 34.7 Å². The Kier molecular flexibility index (Phi) is 7.69. The zero-order valence-electron chi connectivity index (χ0n) is 17.6. The van der Waals surface area contributed by atoms with Crippen LogP contribution in [0.4, 0.5) is 0 Å². The lowest BCUT2D eigenvalue weighted by atomic mass is 9.95. The Bertz CT molecular complexity index is 999. The topological polar surface area (TPSA) is 59.8 Å². The molecular weight excluding hydrogens is 448 g/mol. The molecule has 0 radical (unpaired) electrons. The zero-order chi connectivity index (χ0) is 21.6. The fourth-order valence-corrected chi connectivity index (χ4v) is 5.96. The summed E-state index contributed by atoms with van der Waals surface area (Å²) in [5.74, 6) is 1.27. The highest BCUT2D eigenvalue weighted by Crippen LogP contribution is 2.33. The summed E-state index contributed by atoms with van der Waals surface area (Å²) in [6.07, 6.45) is 6.86. The summed E-state index contributed by atoms with van der Waals surface area (Å²) in [4.78, 5) is 13.9. The quantitative estimate of drug-likeness (QED) is 0.403. The van der Waals surface area contributed by atoms with Gasteiger partial charge in [0.25, 0.3) is 0 Å². The normalized spacial score (nSPS) is 15.7. The van der Waals surface area contributed by atoms with E-state index in [9.17, 15) is 4.79 Å². The number of benzene rings is 1. The summed E-state index contributed by atoms with van der Waals surface area (Å²) in [7, 11) is 0. The molecule has 0 spiro atoms. The van der Waals surface area contributed by atoms with Gasteiger partial charge in [0.05, 0.1) is 11.8 Å². The van der Waals surface area contributed by atoms with Crippen molar-refractivity contribution in [3.8, 4) is 0 Å². The van der Waals surface area contributed by atoms with Crippen molar-refractivity contribution in [2.75, 3.05) is 5.75 Å². The molecule has 3 aromatic rings. The maximum absolute atomic E-state index is 12.6. The van der Waals surface area contributed by atoms with Crippen LogP contribution in [0.1, 0.15) is 67.4 Å². The molecule has 1 amide bonds. The van der Waals surface area contributed by atoms with Crippen molar-refractivity contribution >= 4 is 40.6 Å². The number of halogens is 1. The van der Waals surface area contributed by atoms with Crippen LogP contribution in [0.3, 0.4) is 0 Å². The average molecular weight is 475 g/mol. The minimum atomic E-state index is -0.146. The van der Waals surface area contributed by atoms with Gasteiger partial charge in [-0.1, -0.05) is 66.9 Å². The van der Waals surface area contributed by atoms with Crippen LogP contribution in [0.25, 0.3) is 0 Å². The van der Waals surface area contributed by atoms with Gasteiger partial charge in [-0.05, 0) is 42.8 Å². The van der Waals surface area contributed by atoms with E-state index in [1.54, 1.807) is 11.3 Å². The zero-order valence-corrected chi connectivity index (χ0v) is 20.0. The van der Waals surface area contributed by atoms with Crippen LogP contribution in [0.5, 0.6) is 0 Å². The highest BCUT2D eigenvalue weighted by Gasteiger charge is 2.24. The molecule has 1 N–H and O–H groups in total. The van der Waals surface area contributed by atoms with Crippen LogP contribution in [-0.4, -0.2) is 26.4 Å². The van der Waals surface area contributed by atoms with Crippen molar-refractivity contribution in [3.05, 3.63) is 63.1 Å². The number of thiophene rings is 1. The molecule has 0 aliphatic heterocycles. The highest BCUT2D eigenvalue weighted by molar-refractivity contribution is 7.99. The molecule has 0 saturated heterocycles. The van der Waals surface area contributed by atoms with Crippen molar-refractivity contribution in [1.29, 1.82) is 0 Å². The van der Waals surface area contributed by atoms with Gasteiger partial charge in [0, 0.05) is 22.4 Å². The van der Waals surface area contributed by atoms with Crippen molar-refractivity contribution in [2.24, 2.45) is 0 Å². The summed E-state index contributed by atoms with van der Waals surface area (Å²) >= 11 is 9.48. The van der Waals surface area contributed by atoms with E-state index in [4.69, 9.17) is 11.6 Å². The molecular formula is C23H27ClN4OS2. The first-order valence-corrected chi connectivity index (χ1v) is 13.0. The third-order valence-electron chi connectivity index (χ3n) is 5.67. The molecule has 1 aliphatic rings. The van der Waals surface area contributed by atoms with E-state index in [-0.39, 0.29) is 11.9 Å². The minimum Gasteiger partial charge on any atom is -0.349 e. The van der Waals surface area contributed by atoms with E-state index in [0.717, 1.165) is 35.8 Å². The lowest BCUT2D eigenvalue weighted by Gasteiger charge is -2.25. The Hall–Kier alpha value is -1.83. The van der Waals surface area contributed by atoms with Crippen LogP contribution in [0.15, 0.2) is 46.9 Å². The summed E-state index contributed by atoms with van der Waals surface area (Å²) in [5.41, 5.74) is 0.922. The Morgan fingerprint density at radius 2 is 2.03 bits per heavy atom. The molecule has 164 valence electrons. The predicted molar refractivity (Wildman–Crippen MR) is 128 cm³/mol. The Labute approximate surface area is 196 Å². The largest absolute Gasteiger partial charge is 0.349 e. The molecule has 2 aromatic heterocycles. The fraction of sp³-hybridized carbons (Fsp3) is 0.435. The maximum Gasteiger partial charge on any atom is 0.230 e. The van der Waals surface area contributed by atoms with Gasteiger partial charge in [-0.15, -0.1) is 21.5 Å². The molecule has 4 rings (SSSR count). The van der Waals surface area contributed by atoms with Gasteiger partial charge in [-0.3, -0.25) is 4.79 Å². The number of thioether (sulfide) groups is 1. The van der Waals surface area contributed by atoms with Gasteiger partial charge in [0.2, 0.25) is 5.91 Å². The van der Waals surface area contributed by atoms with Crippen molar-refractivity contribution in [2.45, 2.75) is 62.7 Å². The number of carbonyl (C=O) groups is 1. The molecule has 5 nitrogen and oxygen atoms in total.